The second-order valence-electron chi connectivity index (χ2n) is 5.21. The number of para-hydroxylation sites is 1. The second-order valence-corrected chi connectivity index (χ2v) is 6.62. The van der Waals surface area contributed by atoms with Crippen LogP contribution in [-0.4, -0.2) is 43.2 Å². The van der Waals surface area contributed by atoms with Gasteiger partial charge in [-0.3, -0.25) is 4.99 Å². The Kier molecular flexibility index (Phi) is 6.73. The van der Waals surface area contributed by atoms with Gasteiger partial charge in [0.2, 0.25) is 0 Å². The summed E-state index contributed by atoms with van der Waals surface area (Å²) in [5, 5.41) is 7.43. The second kappa shape index (κ2) is 8.82. The number of hydrogen-bond donors (Lipinski definition) is 2. The predicted octanol–water partition coefficient (Wildman–Crippen LogP) is 2.51. The van der Waals surface area contributed by atoms with E-state index in [2.05, 4.69) is 34.3 Å². The molecular formula is C16H25N3OS. The van der Waals surface area contributed by atoms with Gasteiger partial charge in [0, 0.05) is 18.8 Å². The van der Waals surface area contributed by atoms with Crippen LogP contribution >= 0.6 is 11.8 Å². The molecule has 1 heterocycles. The third-order valence-corrected chi connectivity index (χ3v) is 4.78. The van der Waals surface area contributed by atoms with E-state index in [0.717, 1.165) is 30.0 Å². The number of ether oxygens (including phenoxy) is 1. The summed E-state index contributed by atoms with van der Waals surface area (Å²) in [5.74, 6) is 3.04. The molecule has 4 nitrogen and oxygen atoms in total. The van der Waals surface area contributed by atoms with Gasteiger partial charge >= 0.3 is 0 Å². The summed E-state index contributed by atoms with van der Waals surface area (Å²) in [7, 11) is 1.81. The lowest BCUT2D eigenvalue weighted by atomic mass is 10.2. The van der Waals surface area contributed by atoms with Crippen molar-refractivity contribution in [3.8, 4) is 5.75 Å². The molecule has 1 fully saturated rings. The van der Waals surface area contributed by atoms with Crippen molar-refractivity contribution in [2.24, 2.45) is 4.99 Å². The Morgan fingerprint density at radius 3 is 2.86 bits per heavy atom. The summed E-state index contributed by atoms with van der Waals surface area (Å²) in [6.45, 7) is 3.77. The van der Waals surface area contributed by atoms with Crippen molar-refractivity contribution >= 4 is 17.7 Å². The maximum Gasteiger partial charge on any atom is 0.191 e. The molecular weight excluding hydrogens is 282 g/mol. The van der Waals surface area contributed by atoms with Crippen LogP contribution in [-0.2, 0) is 0 Å². The minimum absolute atomic E-state index is 0.0896. The molecule has 1 aliphatic heterocycles. The Balaban J connectivity index is 1.67. The molecule has 2 rings (SSSR count). The highest BCUT2D eigenvalue weighted by Gasteiger charge is 2.15. The normalized spacial score (nSPS) is 20.1. The summed E-state index contributed by atoms with van der Waals surface area (Å²) in [6.07, 6.45) is 2.74. The molecule has 1 aromatic rings. The predicted molar refractivity (Wildman–Crippen MR) is 91.4 cm³/mol. The molecule has 0 bridgehead atoms. The first-order chi connectivity index (χ1) is 10.3. The number of hydrogen-bond acceptors (Lipinski definition) is 3. The van der Waals surface area contributed by atoms with E-state index >= 15 is 0 Å². The largest absolute Gasteiger partial charge is 0.489 e. The highest BCUT2D eigenvalue weighted by atomic mass is 32.2. The lowest BCUT2D eigenvalue weighted by Gasteiger charge is -2.18. The first kappa shape index (κ1) is 16.0. The van der Waals surface area contributed by atoms with Crippen molar-refractivity contribution in [1.29, 1.82) is 0 Å². The standard InChI is InChI=1S/C16H25N3OS/c1-13(20-14-7-4-3-5-8-14)11-18-16(17-2)19-12-15-9-6-10-21-15/h3-5,7-8,13,15H,6,9-12H2,1-2H3,(H2,17,18,19). The van der Waals surface area contributed by atoms with E-state index in [1.165, 1.54) is 18.6 Å². The van der Waals surface area contributed by atoms with Crippen molar-refractivity contribution < 1.29 is 4.74 Å². The molecule has 1 aliphatic rings. The average molecular weight is 307 g/mol. The van der Waals surface area contributed by atoms with Crippen LogP contribution in [0.25, 0.3) is 0 Å². The van der Waals surface area contributed by atoms with Gasteiger partial charge in [-0.25, -0.2) is 0 Å². The van der Waals surface area contributed by atoms with Gasteiger partial charge in [-0.15, -0.1) is 0 Å². The van der Waals surface area contributed by atoms with E-state index in [0.29, 0.717) is 0 Å². The molecule has 0 aliphatic carbocycles. The van der Waals surface area contributed by atoms with E-state index in [-0.39, 0.29) is 6.10 Å². The zero-order valence-corrected chi connectivity index (χ0v) is 13.7. The fourth-order valence-electron chi connectivity index (χ4n) is 2.25. The Hall–Kier alpha value is -1.36. The maximum absolute atomic E-state index is 5.84. The highest BCUT2D eigenvalue weighted by molar-refractivity contribution is 8.00. The van der Waals surface area contributed by atoms with Crippen LogP contribution < -0.4 is 15.4 Å². The zero-order chi connectivity index (χ0) is 14.9. The van der Waals surface area contributed by atoms with Gasteiger partial charge in [0.25, 0.3) is 0 Å². The van der Waals surface area contributed by atoms with Crippen molar-refractivity contribution in [1.82, 2.24) is 10.6 Å². The van der Waals surface area contributed by atoms with Crippen LogP contribution in [0.2, 0.25) is 0 Å². The van der Waals surface area contributed by atoms with Gasteiger partial charge in [-0.05, 0) is 37.7 Å². The molecule has 2 N–H and O–H groups in total. The molecule has 21 heavy (non-hydrogen) atoms. The van der Waals surface area contributed by atoms with Crippen molar-refractivity contribution in [3.05, 3.63) is 30.3 Å². The Morgan fingerprint density at radius 1 is 1.38 bits per heavy atom. The Labute approximate surface area is 131 Å². The van der Waals surface area contributed by atoms with Crippen LogP contribution in [0.15, 0.2) is 35.3 Å². The first-order valence-electron chi connectivity index (χ1n) is 7.55. The summed E-state index contributed by atoms with van der Waals surface area (Å²) in [6, 6.07) is 9.90. The van der Waals surface area contributed by atoms with E-state index in [9.17, 15) is 0 Å². The van der Waals surface area contributed by atoms with Crippen LogP contribution in [0.4, 0.5) is 0 Å². The fourth-order valence-corrected chi connectivity index (χ4v) is 3.45. The zero-order valence-electron chi connectivity index (χ0n) is 12.8. The molecule has 116 valence electrons. The van der Waals surface area contributed by atoms with Gasteiger partial charge < -0.3 is 15.4 Å². The molecule has 2 unspecified atom stereocenters. The summed E-state index contributed by atoms with van der Waals surface area (Å²) in [4.78, 5) is 4.26. The number of aliphatic imine (C=N–C) groups is 1. The van der Waals surface area contributed by atoms with Crippen LogP contribution in [0, 0.1) is 0 Å². The number of benzene rings is 1. The fraction of sp³-hybridized carbons (Fsp3) is 0.562. The quantitative estimate of drug-likeness (QED) is 0.626. The third kappa shape index (κ3) is 5.87. The number of nitrogens with zero attached hydrogens (tertiary/aromatic N) is 1. The van der Waals surface area contributed by atoms with Crippen molar-refractivity contribution in [2.45, 2.75) is 31.1 Å². The Bertz CT molecular complexity index is 432. The van der Waals surface area contributed by atoms with E-state index in [1.54, 1.807) is 7.05 Å². The lowest BCUT2D eigenvalue weighted by molar-refractivity contribution is 0.224. The molecule has 0 radical (unpaired) electrons. The molecule has 2 atom stereocenters. The molecule has 5 heteroatoms. The summed E-state index contributed by atoms with van der Waals surface area (Å²) in [5.41, 5.74) is 0. The van der Waals surface area contributed by atoms with E-state index in [4.69, 9.17) is 4.74 Å². The van der Waals surface area contributed by atoms with Crippen LogP contribution in [0.3, 0.4) is 0 Å². The van der Waals surface area contributed by atoms with E-state index in [1.807, 2.05) is 30.3 Å². The number of thioether (sulfide) groups is 1. The SMILES string of the molecule is CN=C(NCC(C)Oc1ccccc1)NCC1CCCS1. The topological polar surface area (TPSA) is 45.7 Å². The van der Waals surface area contributed by atoms with Gasteiger partial charge in [0.05, 0.1) is 6.54 Å². The third-order valence-electron chi connectivity index (χ3n) is 3.38. The number of nitrogens with one attached hydrogen (secondary N) is 2. The minimum atomic E-state index is 0.0896. The molecule has 0 saturated carbocycles. The lowest BCUT2D eigenvalue weighted by Crippen LogP contribution is -2.43. The van der Waals surface area contributed by atoms with Crippen molar-refractivity contribution in [2.75, 3.05) is 25.9 Å². The van der Waals surface area contributed by atoms with Gasteiger partial charge in [-0.2, -0.15) is 11.8 Å². The highest BCUT2D eigenvalue weighted by Crippen LogP contribution is 2.25. The van der Waals surface area contributed by atoms with Gasteiger partial charge in [0.15, 0.2) is 5.96 Å². The summed E-state index contributed by atoms with van der Waals surface area (Å²) < 4.78 is 5.84. The van der Waals surface area contributed by atoms with Gasteiger partial charge in [-0.1, -0.05) is 18.2 Å². The van der Waals surface area contributed by atoms with Gasteiger partial charge in [0.1, 0.15) is 11.9 Å². The Morgan fingerprint density at radius 2 is 2.19 bits per heavy atom. The molecule has 0 aromatic heterocycles. The van der Waals surface area contributed by atoms with Crippen LogP contribution in [0.5, 0.6) is 5.75 Å². The molecule has 0 spiro atoms. The monoisotopic (exact) mass is 307 g/mol. The summed E-state index contributed by atoms with van der Waals surface area (Å²) >= 11 is 2.05. The molecule has 1 saturated heterocycles. The molecule has 1 aromatic carbocycles. The molecule has 0 amide bonds. The number of rotatable bonds is 6. The first-order valence-corrected chi connectivity index (χ1v) is 8.60. The van der Waals surface area contributed by atoms with Crippen molar-refractivity contribution in [3.63, 3.8) is 0 Å². The van der Waals surface area contributed by atoms with E-state index < -0.39 is 0 Å². The average Bonchev–Trinajstić information content (AvgIpc) is 3.02. The maximum atomic E-state index is 5.84. The number of guanidine groups is 1. The minimum Gasteiger partial charge on any atom is -0.489 e. The smallest absolute Gasteiger partial charge is 0.191 e. The van der Waals surface area contributed by atoms with Crippen LogP contribution in [0.1, 0.15) is 19.8 Å².